The van der Waals surface area contributed by atoms with Crippen molar-refractivity contribution in [1.29, 1.82) is 0 Å². The number of nitrogens with zero attached hydrogens (tertiary/aromatic N) is 2. The quantitative estimate of drug-likeness (QED) is 0.685. The fourth-order valence-corrected chi connectivity index (χ4v) is 1.63. The molecule has 0 bridgehead atoms. The van der Waals surface area contributed by atoms with E-state index in [2.05, 4.69) is 24.0 Å². The van der Waals surface area contributed by atoms with E-state index in [0.717, 1.165) is 25.7 Å². The smallest absolute Gasteiger partial charge is 0.379 e. The van der Waals surface area contributed by atoms with Crippen molar-refractivity contribution in [2.75, 3.05) is 6.61 Å². The van der Waals surface area contributed by atoms with Crippen molar-refractivity contribution in [3.8, 4) is 0 Å². The Labute approximate surface area is 102 Å². The number of carbonyl (C=O) groups excluding carboxylic acids is 1. The van der Waals surface area contributed by atoms with Gasteiger partial charge in [0.15, 0.2) is 0 Å². The highest BCUT2D eigenvalue weighted by molar-refractivity contribution is 5.84. The summed E-state index contributed by atoms with van der Waals surface area (Å²) >= 11 is 0. The summed E-state index contributed by atoms with van der Waals surface area (Å²) in [5.41, 5.74) is 0. The number of hydrogen-bond acceptors (Lipinski definition) is 5. The highest BCUT2D eigenvalue weighted by Gasteiger charge is 2.20. The average molecular weight is 240 g/mol. The van der Waals surface area contributed by atoms with Crippen molar-refractivity contribution in [2.24, 2.45) is 0 Å². The number of unbranched alkanes of at least 4 members (excludes halogenated alkanes) is 1. The molecule has 0 aliphatic carbocycles. The van der Waals surface area contributed by atoms with Gasteiger partial charge >= 0.3 is 5.97 Å². The molecule has 0 aliphatic heterocycles. The van der Waals surface area contributed by atoms with Crippen LogP contribution < -0.4 is 0 Å². The van der Waals surface area contributed by atoms with Gasteiger partial charge in [0.25, 0.3) is 5.82 Å². The van der Waals surface area contributed by atoms with E-state index in [1.54, 1.807) is 6.92 Å². The van der Waals surface area contributed by atoms with E-state index >= 15 is 0 Å². The standard InChI is InChI=1S/C12H20N2O3/c1-4-7-8-9(5-2)11-13-10(14-17-11)12(15)16-6-3/h9H,4-8H2,1-3H3. The van der Waals surface area contributed by atoms with Crippen LogP contribution in [-0.4, -0.2) is 22.7 Å². The minimum atomic E-state index is -0.521. The normalized spacial score (nSPS) is 12.4. The molecular weight excluding hydrogens is 220 g/mol. The zero-order chi connectivity index (χ0) is 12.7. The van der Waals surface area contributed by atoms with E-state index in [1.165, 1.54) is 0 Å². The monoisotopic (exact) mass is 240 g/mol. The first-order valence-corrected chi connectivity index (χ1v) is 6.23. The molecule has 5 heteroatoms. The Morgan fingerprint density at radius 3 is 2.76 bits per heavy atom. The van der Waals surface area contributed by atoms with Crippen LogP contribution in [0, 0.1) is 0 Å². The number of hydrogen-bond donors (Lipinski definition) is 0. The molecule has 0 amide bonds. The van der Waals surface area contributed by atoms with Gasteiger partial charge in [-0.05, 0) is 24.9 Å². The molecule has 0 saturated carbocycles. The van der Waals surface area contributed by atoms with E-state index in [9.17, 15) is 4.79 Å². The Bertz CT molecular complexity index is 349. The van der Waals surface area contributed by atoms with E-state index < -0.39 is 5.97 Å². The van der Waals surface area contributed by atoms with Crippen molar-refractivity contribution < 1.29 is 14.1 Å². The maximum atomic E-state index is 11.4. The lowest BCUT2D eigenvalue weighted by Gasteiger charge is -2.07. The third-order valence-corrected chi connectivity index (χ3v) is 2.65. The third-order valence-electron chi connectivity index (χ3n) is 2.65. The largest absolute Gasteiger partial charge is 0.460 e. The minimum Gasteiger partial charge on any atom is -0.460 e. The molecule has 17 heavy (non-hydrogen) atoms. The van der Waals surface area contributed by atoms with Crippen molar-refractivity contribution in [3.05, 3.63) is 11.7 Å². The van der Waals surface area contributed by atoms with Gasteiger partial charge in [0.1, 0.15) is 0 Å². The Balaban J connectivity index is 2.67. The predicted octanol–water partition coefficient (Wildman–Crippen LogP) is 2.93. The molecular formula is C12H20N2O3. The molecule has 1 heterocycles. The van der Waals surface area contributed by atoms with E-state index in [1.807, 2.05) is 0 Å². The first-order valence-electron chi connectivity index (χ1n) is 6.23. The molecule has 1 aromatic heterocycles. The SMILES string of the molecule is CCCCC(CC)c1nc(C(=O)OCC)no1. The van der Waals surface area contributed by atoms with Crippen LogP contribution in [0.1, 0.15) is 68.9 Å². The molecule has 0 N–H and O–H groups in total. The zero-order valence-electron chi connectivity index (χ0n) is 10.7. The molecule has 1 unspecified atom stereocenters. The fraction of sp³-hybridized carbons (Fsp3) is 0.750. The van der Waals surface area contributed by atoms with Gasteiger partial charge in [-0.3, -0.25) is 0 Å². The molecule has 1 rings (SSSR count). The predicted molar refractivity (Wildman–Crippen MR) is 62.8 cm³/mol. The highest BCUT2D eigenvalue weighted by atomic mass is 16.5. The molecule has 0 aliphatic rings. The van der Waals surface area contributed by atoms with Crippen LogP contribution in [0.15, 0.2) is 4.52 Å². The van der Waals surface area contributed by atoms with Crippen LogP contribution in [0.3, 0.4) is 0 Å². The summed E-state index contributed by atoms with van der Waals surface area (Å²) < 4.78 is 9.93. The van der Waals surface area contributed by atoms with E-state index in [0.29, 0.717) is 12.5 Å². The molecule has 0 aromatic carbocycles. The summed E-state index contributed by atoms with van der Waals surface area (Å²) in [6.07, 6.45) is 4.20. The summed E-state index contributed by atoms with van der Waals surface area (Å²) in [6.45, 7) is 6.28. The Hall–Kier alpha value is -1.39. The molecule has 1 atom stereocenters. The van der Waals surface area contributed by atoms with Crippen molar-refractivity contribution in [1.82, 2.24) is 10.1 Å². The lowest BCUT2D eigenvalue weighted by molar-refractivity contribution is 0.0508. The zero-order valence-corrected chi connectivity index (χ0v) is 10.7. The third kappa shape index (κ3) is 3.84. The van der Waals surface area contributed by atoms with Crippen LogP contribution in [-0.2, 0) is 4.74 Å². The maximum Gasteiger partial charge on any atom is 0.379 e. The summed E-state index contributed by atoms with van der Waals surface area (Å²) in [6, 6.07) is 0. The van der Waals surface area contributed by atoms with Gasteiger partial charge < -0.3 is 9.26 Å². The van der Waals surface area contributed by atoms with Crippen LogP contribution in [0.4, 0.5) is 0 Å². The first kappa shape index (κ1) is 13.7. The molecule has 0 spiro atoms. The lowest BCUT2D eigenvalue weighted by atomic mass is 9.99. The Morgan fingerprint density at radius 2 is 2.18 bits per heavy atom. The molecule has 5 nitrogen and oxygen atoms in total. The van der Waals surface area contributed by atoms with Crippen LogP contribution in [0.25, 0.3) is 0 Å². The fourth-order valence-electron chi connectivity index (χ4n) is 1.63. The molecule has 0 saturated heterocycles. The second-order valence-electron chi connectivity index (χ2n) is 3.92. The van der Waals surface area contributed by atoms with Gasteiger partial charge in [-0.25, -0.2) is 4.79 Å². The summed E-state index contributed by atoms with van der Waals surface area (Å²) in [4.78, 5) is 15.5. The summed E-state index contributed by atoms with van der Waals surface area (Å²) in [7, 11) is 0. The highest BCUT2D eigenvalue weighted by Crippen LogP contribution is 2.23. The second kappa shape index (κ2) is 7.04. The number of ether oxygens (including phenoxy) is 1. The van der Waals surface area contributed by atoms with Crippen molar-refractivity contribution >= 4 is 5.97 Å². The Morgan fingerprint density at radius 1 is 1.41 bits per heavy atom. The molecule has 0 radical (unpaired) electrons. The van der Waals surface area contributed by atoms with Crippen LogP contribution >= 0.6 is 0 Å². The lowest BCUT2D eigenvalue weighted by Crippen LogP contribution is -2.07. The number of esters is 1. The van der Waals surface area contributed by atoms with Crippen LogP contribution in [0.5, 0.6) is 0 Å². The Kier molecular flexibility index (Phi) is 5.66. The van der Waals surface area contributed by atoms with Gasteiger partial charge in [0.2, 0.25) is 5.89 Å². The van der Waals surface area contributed by atoms with Gasteiger partial charge in [-0.2, -0.15) is 4.98 Å². The minimum absolute atomic E-state index is 0.0248. The molecule has 0 fully saturated rings. The first-order chi connectivity index (χ1) is 8.22. The van der Waals surface area contributed by atoms with Gasteiger partial charge in [-0.1, -0.05) is 26.7 Å². The van der Waals surface area contributed by atoms with E-state index in [4.69, 9.17) is 9.26 Å². The topological polar surface area (TPSA) is 65.2 Å². The number of rotatable bonds is 7. The van der Waals surface area contributed by atoms with Gasteiger partial charge in [0.05, 0.1) is 6.61 Å². The average Bonchev–Trinajstić information content (AvgIpc) is 2.80. The second-order valence-corrected chi connectivity index (χ2v) is 3.92. The maximum absolute atomic E-state index is 11.4. The van der Waals surface area contributed by atoms with E-state index in [-0.39, 0.29) is 11.7 Å². The summed E-state index contributed by atoms with van der Waals surface area (Å²) in [5, 5.41) is 3.65. The van der Waals surface area contributed by atoms with Crippen LogP contribution in [0.2, 0.25) is 0 Å². The van der Waals surface area contributed by atoms with Gasteiger partial charge in [0, 0.05) is 5.92 Å². The summed E-state index contributed by atoms with van der Waals surface area (Å²) in [5.74, 6) is 0.291. The molecule has 96 valence electrons. The number of carbonyl (C=O) groups is 1. The van der Waals surface area contributed by atoms with Crippen molar-refractivity contribution in [2.45, 2.75) is 52.4 Å². The molecule has 1 aromatic rings. The van der Waals surface area contributed by atoms with Gasteiger partial charge in [-0.15, -0.1) is 0 Å². The van der Waals surface area contributed by atoms with Crippen molar-refractivity contribution in [3.63, 3.8) is 0 Å². The number of aromatic nitrogens is 2.